The molecule has 0 aliphatic heterocycles. The monoisotopic (exact) mass is 260 g/mol. The highest BCUT2D eigenvalue weighted by Crippen LogP contribution is 2.20. The Morgan fingerprint density at radius 1 is 0.800 bits per heavy atom. The fourth-order valence-corrected chi connectivity index (χ4v) is 2.37. The van der Waals surface area contributed by atoms with E-state index in [1.54, 1.807) is 12.4 Å². The Morgan fingerprint density at radius 3 is 2.30 bits per heavy atom. The van der Waals surface area contributed by atoms with Gasteiger partial charge in [0.2, 0.25) is 0 Å². The molecule has 0 spiro atoms. The summed E-state index contributed by atoms with van der Waals surface area (Å²) in [6.45, 7) is 2.11. The Kier molecular flexibility index (Phi) is 3.55. The molecule has 0 bridgehead atoms. The highest BCUT2D eigenvalue weighted by atomic mass is 14.8. The molecule has 2 aromatic carbocycles. The van der Waals surface area contributed by atoms with Gasteiger partial charge in [0.05, 0.1) is 0 Å². The quantitative estimate of drug-likeness (QED) is 0.710. The molecule has 0 N–H and O–H groups in total. The number of hydrogen-bond donors (Lipinski definition) is 0. The van der Waals surface area contributed by atoms with Crippen molar-refractivity contribution in [1.82, 2.24) is 9.97 Å². The molecule has 3 aromatic rings. The molecule has 0 saturated heterocycles. The molecule has 3 rings (SSSR count). The van der Waals surface area contributed by atoms with E-state index in [1.165, 1.54) is 16.7 Å². The van der Waals surface area contributed by atoms with Gasteiger partial charge in [-0.05, 0) is 42.7 Å². The highest BCUT2D eigenvalue weighted by molar-refractivity contribution is 5.57. The van der Waals surface area contributed by atoms with Crippen LogP contribution in [-0.2, 0) is 6.42 Å². The summed E-state index contributed by atoms with van der Waals surface area (Å²) in [5.74, 6) is 0.783. The van der Waals surface area contributed by atoms with Gasteiger partial charge in [-0.15, -0.1) is 0 Å². The number of hydrogen-bond acceptors (Lipinski definition) is 2. The number of aryl methyl sites for hydroxylation is 1. The number of rotatable bonds is 3. The van der Waals surface area contributed by atoms with E-state index in [9.17, 15) is 0 Å². The molecular weight excluding hydrogens is 244 g/mol. The Morgan fingerprint density at radius 2 is 1.55 bits per heavy atom. The molecule has 0 aliphatic carbocycles. The largest absolute Gasteiger partial charge is 0.237 e. The minimum atomic E-state index is 0.783. The zero-order chi connectivity index (χ0) is 13.8. The fraction of sp³-hybridized carbons (Fsp3) is 0.111. The molecule has 0 fully saturated rings. The van der Waals surface area contributed by atoms with Crippen molar-refractivity contribution in [3.05, 3.63) is 83.7 Å². The molecule has 0 aliphatic rings. The van der Waals surface area contributed by atoms with E-state index in [-0.39, 0.29) is 0 Å². The van der Waals surface area contributed by atoms with Crippen molar-refractivity contribution in [3.8, 4) is 11.4 Å². The average Bonchev–Trinajstić information content (AvgIpc) is 2.49. The van der Waals surface area contributed by atoms with Crippen LogP contribution in [0.3, 0.4) is 0 Å². The van der Waals surface area contributed by atoms with Crippen molar-refractivity contribution >= 4 is 0 Å². The van der Waals surface area contributed by atoms with Crippen LogP contribution in [0.15, 0.2) is 67.0 Å². The summed E-state index contributed by atoms with van der Waals surface area (Å²) in [5.41, 5.74) is 4.93. The van der Waals surface area contributed by atoms with Crippen LogP contribution in [0.2, 0.25) is 0 Å². The number of nitrogens with zero attached hydrogens (tertiary/aromatic N) is 2. The predicted octanol–water partition coefficient (Wildman–Crippen LogP) is 4.04. The van der Waals surface area contributed by atoms with Crippen molar-refractivity contribution < 1.29 is 0 Å². The minimum Gasteiger partial charge on any atom is -0.237 e. The lowest BCUT2D eigenvalue weighted by Crippen LogP contribution is -1.93. The summed E-state index contributed by atoms with van der Waals surface area (Å²) < 4.78 is 0. The third kappa shape index (κ3) is 2.91. The van der Waals surface area contributed by atoms with Gasteiger partial charge in [-0.2, -0.15) is 0 Å². The normalized spacial score (nSPS) is 10.4. The second-order valence-electron chi connectivity index (χ2n) is 4.94. The second-order valence-corrected chi connectivity index (χ2v) is 4.94. The van der Waals surface area contributed by atoms with Crippen molar-refractivity contribution in [2.24, 2.45) is 0 Å². The van der Waals surface area contributed by atoms with E-state index >= 15 is 0 Å². The van der Waals surface area contributed by atoms with Crippen LogP contribution in [0.5, 0.6) is 0 Å². The van der Waals surface area contributed by atoms with E-state index < -0.39 is 0 Å². The summed E-state index contributed by atoms with van der Waals surface area (Å²) in [5, 5.41) is 0. The fourth-order valence-electron chi connectivity index (χ4n) is 2.37. The maximum absolute atomic E-state index is 4.33. The van der Waals surface area contributed by atoms with Crippen LogP contribution in [0.1, 0.15) is 16.7 Å². The first-order valence-corrected chi connectivity index (χ1v) is 6.73. The predicted molar refractivity (Wildman–Crippen MR) is 81.5 cm³/mol. The summed E-state index contributed by atoms with van der Waals surface area (Å²) in [6, 6.07) is 18.9. The minimum absolute atomic E-state index is 0.783. The average molecular weight is 260 g/mol. The molecule has 1 aromatic heterocycles. The van der Waals surface area contributed by atoms with Gasteiger partial charge in [-0.25, -0.2) is 9.97 Å². The van der Waals surface area contributed by atoms with Gasteiger partial charge >= 0.3 is 0 Å². The Labute approximate surface area is 119 Å². The van der Waals surface area contributed by atoms with Crippen LogP contribution in [0.25, 0.3) is 11.4 Å². The zero-order valence-electron chi connectivity index (χ0n) is 11.5. The van der Waals surface area contributed by atoms with Gasteiger partial charge in [0.1, 0.15) is 0 Å². The molecule has 98 valence electrons. The number of aromatic nitrogens is 2. The lowest BCUT2D eigenvalue weighted by molar-refractivity contribution is 1.15. The number of benzene rings is 2. The van der Waals surface area contributed by atoms with Crippen LogP contribution >= 0.6 is 0 Å². The van der Waals surface area contributed by atoms with E-state index in [0.717, 1.165) is 17.8 Å². The first kappa shape index (κ1) is 12.5. The summed E-state index contributed by atoms with van der Waals surface area (Å²) in [7, 11) is 0. The lowest BCUT2D eigenvalue weighted by atomic mass is 10.00. The Balaban J connectivity index is 1.95. The smallest absolute Gasteiger partial charge is 0.159 e. The third-order valence-electron chi connectivity index (χ3n) is 3.21. The molecule has 0 atom stereocenters. The zero-order valence-corrected chi connectivity index (χ0v) is 11.5. The molecule has 2 nitrogen and oxygen atoms in total. The van der Waals surface area contributed by atoms with Gasteiger partial charge in [-0.1, -0.05) is 42.0 Å². The SMILES string of the molecule is Cc1cc(Cc2ccccc2)cc(-c2ncccn2)c1. The Hall–Kier alpha value is -2.48. The molecule has 0 saturated carbocycles. The third-order valence-corrected chi connectivity index (χ3v) is 3.21. The van der Waals surface area contributed by atoms with Crippen molar-refractivity contribution in [2.75, 3.05) is 0 Å². The van der Waals surface area contributed by atoms with Crippen molar-refractivity contribution in [1.29, 1.82) is 0 Å². The molecular formula is C18H16N2. The second kappa shape index (κ2) is 5.66. The van der Waals surface area contributed by atoms with E-state index in [4.69, 9.17) is 0 Å². The van der Waals surface area contributed by atoms with E-state index in [0.29, 0.717) is 0 Å². The molecule has 1 heterocycles. The molecule has 2 heteroatoms. The molecule has 20 heavy (non-hydrogen) atoms. The van der Waals surface area contributed by atoms with Gasteiger partial charge in [-0.3, -0.25) is 0 Å². The highest BCUT2D eigenvalue weighted by Gasteiger charge is 2.04. The maximum atomic E-state index is 4.33. The maximum Gasteiger partial charge on any atom is 0.159 e. The van der Waals surface area contributed by atoms with Crippen LogP contribution in [0.4, 0.5) is 0 Å². The van der Waals surface area contributed by atoms with Gasteiger partial charge in [0.25, 0.3) is 0 Å². The van der Waals surface area contributed by atoms with Gasteiger partial charge < -0.3 is 0 Å². The van der Waals surface area contributed by atoms with Gasteiger partial charge in [0, 0.05) is 18.0 Å². The Bertz CT molecular complexity index is 691. The van der Waals surface area contributed by atoms with Crippen LogP contribution < -0.4 is 0 Å². The van der Waals surface area contributed by atoms with Gasteiger partial charge in [0.15, 0.2) is 5.82 Å². The van der Waals surface area contributed by atoms with E-state index in [2.05, 4.69) is 59.4 Å². The van der Waals surface area contributed by atoms with Crippen LogP contribution in [0, 0.1) is 6.92 Å². The molecule has 0 unspecified atom stereocenters. The summed E-state index contributed by atoms with van der Waals surface area (Å²) >= 11 is 0. The van der Waals surface area contributed by atoms with E-state index in [1.807, 2.05) is 12.1 Å². The first-order chi connectivity index (χ1) is 9.81. The topological polar surface area (TPSA) is 25.8 Å². The van der Waals surface area contributed by atoms with Crippen LogP contribution in [-0.4, -0.2) is 9.97 Å². The summed E-state index contributed by atoms with van der Waals surface area (Å²) in [4.78, 5) is 8.65. The van der Waals surface area contributed by atoms with Crippen molar-refractivity contribution in [3.63, 3.8) is 0 Å². The van der Waals surface area contributed by atoms with Crippen molar-refractivity contribution in [2.45, 2.75) is 13.3 Å². The summed E-state index contributed by atoms with van der Waals surface area (Å²) in [6.07, 6.45) is 4.49. The standard InChI is InChI=1S/C18H16N2/c1-14-10-16(12-15-6-3-2-4-7-15)13-17(11-14)18-19-8-5-9-20-18/h2-11,13H,12H2,1H3. The first-order valence-electron chi connectivity index (χ1n) is 6.73. The molecule has 0 amide bonds. The lowest BCUT2D eigenvalue weighted by Gasteiger charge is -2.07. The molecule has 0 radical (unpaired) electrons.